The van der Waals surface area contributed by atoms with E-state index in [0.29, 0.717) is 43.5 Å². The van der Waals surface area contributed by atoms with Gasteiger partial charge in [-0.25, -0.2) is 38.4 Å². The van der Waals surface area contributed by atoms with Gasteiger partial charge in [0.1, 0.15) is 29.5 Å². The Balaban J connectivity index is 1.09. The van der Waals surface area contributed by atoms with Gasteiger partial charge in [0.05, 0.1) is 28.1 Å². The summed E-state index contributed by atoms with van der Waals surface area (Å²) in [6.45, 7) is 0.161. The number of hydrogen-bond acceptors (Lipinski definition) is 11. The number of rotatable bonds is 8. The predicted molar refractivity (Wildman–Crippen MR) is 200 cm³/mol. The van der Waals surface area contributed by atoms with Crippen LogP contribution in [0.3, 0.4) is 0 Å². The molecule has 1 aromatic carbocycles. The monoisotopic (exact) mass is 781 g/mol. The number of benzene rings is 1. The minimum absolute atomic E-state index is 0.0167. The number of carbonyl (C=O) groups excluding carboxylic acids is 4. The van der Waals surface area contributed by atoms with Crippen molar-refractivity contribution in [3.05, 3.63) is 42.1 Å². The van der Waals surface area contributed by atoms with Gasteiger partial charge in [-0.1, -0.05) is 24.3 Å². The third-order valence-corrected chi connectivity index (χ3v) is 14.5. The van der Waals surface area contributed by atoms with Crippen LogP contribution < -0.4 is 20.2 Å². The number of carbonyl (C=O) groups is 4. The summed E-state index contributed by atoms with van der Waals surface area (Å²) in [6, 6.07) is 5.82. The number of sulfonamides is 1. The minimum Gasteiger partial charge on any atom is -0.471 e. The zero-order chi connectivity index (χ0) is 37.5. The minimum atomic E-state index is -3.88. The van der Waals surface area contributed by atoms with Crippen LogP contribution >= 0.6 is 11.8 Å². The first-order chi connectivity index (χ1) is 26.1. The van der Waals surface area contributed by atoms with Gasteiger partial charge in [-0.2, -0.15) is 11.8 Å². The number of amides is 5. The molecular weight excluding hydrogens is 735 g/mol. The first-order valence-corrected chi connectivity index (χ1v) is 21.8. The topological polar surface area (TPSA) is 189 Å². The SMILES string of the molecule is O=C(NN1CCCC/C=C\[C@@H]2C[C@]2(C(=O)NS(=O)(=O)C2CC2)NC(=O)[C@@H]2C[C@@H](Oc3nc4ccccc4nc3C3CCCS3)CN2C1=O)OC1CCCC1. The van der Waals surface area contributed by atoms with E-state index in [-0.39, 0.29) is 37.3 Å². The number of hydrazine groups is 1. The van der Waals surface area contributed by atoms with Gasteiger partial charge < -0.3 is 19.7 Å². The van der Waals surface area contributed by atoms with Crippen LogP contribution in [0, 0.1) is 5.92 Å². The second-order valence-electron chi connectivity index (χ2n) is 15.3. The van der Waals surface area contributed by atoms with E-state index in [1.165, 1.54) is 9.91 Å². The van der Waals surface area contributed by atoms with Crippen molar-refractivity contribution in [1.29, 1.82) is 0 Å². The fourth-order valence-electron chi connectivity index (χ4n) is 8.00. The number of ether oxygens (including phenoxy) is 2. The lowest BCUT2D eigenvalue weighted by atomic mass is 10.1. The van der Waals surface area contributed by atoms with Crippen molar-refractivity contribution < 1.29 is 37.1 Å². The van der Waals surface area contributed by atoms with Gasteiger partial charge >= 0.3 is 12.1 Å². The van der Waals surface area contributed by atoms with Crippen molar-refractivity contribution in [1.82, 2.24) is 35.3 Å². The third kappa shape index (κ3) is 7.84. The normalized spacial score (nSPS) is 29.9. The fourth-order valence-corrected chi connectivity index (χ4v) is 10.6. The van der Waals surface area contributed by atoms with E-state index >= 15 is 0 Å². The van der Waals surface area contributed by atoms with E-state index in [2.05, 4.69) is 15.5 Å². The van der Waals surface area contributed by atoms with E-state index in [0.717, 1.165) is 55.5 Å². The Hall–Kier alpha value is -4.12. The van der Waals surface area contributed by atoms with Crippen LogP contribution in [0.1, 0.15) is 94.4 Å². The molecule has 5 amide bonds. The zero-order valence-electron chi connectivity index (χ0n) is 30.1. The molecule has 4 heterocycles. The van der Waals surface area contributed by atoms with Crippen LogP contribution in [0.4, 0.5) is 9.59 Å². The van der Waals surface area contributed by atoms with Crippen molar-refractivity contribution in [2.75, 3.05) is 18.8 Å². The molecule has 15 nitrogen and oxygen atoms in total. The van der Waals surface area contributed by atoms with Crippen LogP contribution in [0.25, 0.3) is 11.0 Å². The van der Waals surface area contributed by atoms with Crippen LogP contribution in [-0.4, -0.2) is 100 Å². The summed E-state index contributed by atoms with van der Waals surface area (Å²) in [7, 11) is -3.88. The molecular formula is C37H47N7O8S2. The van der Waals surface area contributed by atoms with E-state index in [4.69, 9.17) is 19.4 Å². The highest BCUT2D eigenvalue weighted by atomic mass is 32.2. The quantitative estimate of drug-likeness (QED) is 0.325. The molecule has 3 aliphatic heterocycles. The number of allylic oxidation sites excluding steroid dienone is 1. The van der Waals surface area contributed by atoms with Gasteiger partial charge in [-0.3, -0.25) is 14.3 Å². The number of aromatic nitrogens is 2. The van der Waals surface area contributed by atoms with Crippen LogP contribution in [0.5, 0.6) is 5.88 Å². The molecule has 17 heteroatoms. The van der Waals surface area contributed by atoms with E-state index in [1.54, 1.807) is 11.8 Å². The third-order valence-electron chi connectivity index (χ3n) is 11.3. The second-order valence-corrected chi connectivity index (χ2v) is 18.5. The number of fused-ring (bicyclic) bond motifs is 3. The lowest BCUT2D eigenvalue weighted by molar-refractivity contribution is -0.131. The molecule has 0 spiro atoms. The Bertz CT molecular complexity index is 1930. The molecule has 0 radical (unpaired) electrons. The molecule has 6 aliphatic rings. The summed E-state index contributed by atoms with van der Waals surface area (Å²) >= 11 is 1.79. The van der Waals surface area contributed by atoms with Gasteiger partial charge in [0.15, 0.2) is 0 Å². The highest BCUT2D eigenvalue weighted by Gasteiger charge is 2.62. The second kappa shape index (κ2) is 15.2. The molecule has 1 aromatic heterocycles. The predicted octanol–water partition coefficient (Wildman–Crippen LogP) is 4.25. The Labute approximate surface area is 318 Å². The number of nitrogens with zero attached hydrogens (tertiary/aromatic N) is 4. The highest BCUT2D eigenvalue weighted by Crippen LogP contribution is 2.46. The number of para-hydroxylation sites is 2. The van der Waals surface area contributed by atoms with E-state index in [1.807, 2.05) is 36.4 Å². The average molecular weight is 782 g/mol. The van der Waals surface area contributed by atoms with E-state index < -0.39 is 62.8 Å². The molecule has 5 fully saturated rings. The molecule has 3 aliphatic carbocycles. The molecule has 0 bridgehead atoms. The molecule has 3 saturated carbocycles. The summed E-state index contributed by atoms with van der Waals surface area (Å²) in [4.78, 5) is 66.8. The smallest absolute Gasteiger partial charge is 0.426 e. The van der Waals surface area contributed by atoms with Gasteiger partial charge in [0.25, 0.3) is 5.91 Å². The largest absolute Gasteiger partial charge is 0.471 e. The molecule has 1 unspecified atom stereocenters. The van der Waals surface area contributed by atoms with Crippen LogP contribution in [0.15, 0.2) is 36.4 Å². The Morgan fingerprint density at radius 3 is 2.48 bits per heavy atom. The maximum absolute atomic E-state index is 14.5. The molecule has 3 N–H and O–H groups in total. The summed E-state index contributed by atoms with van der Waals surface area (Å²) in [5.74, 6) is -0.478. The summed E-state index contributed by atoms with van der Waals surface area (Å²) in [6.07, 6.45) is 10.6. The zero-order valence-corrected chi connectivity index (χ0v) is 31.7. The number of thioether (sulfide) groups is 1. The average Bonchev–Trinajstić information content (AvgIpc) is 3.89. The molecule has 2 aromatic rings. The summed E-state index contributed by atoms with van der Waals surface area (Å²) in [5, 5.41) is 3.55. The number of nitrogens with one attached hydrogen (secondary N) is 3. The molecule has 5 atom stereocenters. The number of hydrogen-bond donors (Lipinski definition) is 3. The van der Waals surface area contributed by atoms with Crippen molar-refractivity contribution in [2.45, 2.75) is 118 Å². The number of urea groups is 1. The fraction of sp³-hybridized carbons (Fsp3) is 0.622. The van der Waals surface area contributed by atoms with E-state index in [9.17, 15) is 27.6 Å². The Morgan fingerprint density at radius 1 is 0.963 bits per heavy atom. The first-order valence-electron chi connectivity index (χ1n) is 19.2. The Kier molecular flexibility index (Phi) is 10.4. The maximum Gasteiger partial charge on any atom is 0.426 e. The lowest BCUT2D eigenvalue weighted by Crippen LogP contribution is -2.59. The van der Waals surface area contributed by atoms with Gasteiger partial charge in [-0.05, 0) is 94.9 Å². The highest BCUT2D eigenvalue weighted by molar-refractivity contribution is 7.99. The molecule has 2 saturated heterocycles. The standard InChI is InChI=1S/C37H47N7O8S2/c45-32-29-20-25(51-33-31(30-15-9-19-53-30)38-27-13-6-7-14-28(27)39-33)22-43(29)36(48)44(41-35(47)52-24-11-4-5-12-24)18-8-2-1-3-10-23-21-37(23,40-32)34(46)42-54(49,50)26-16-17-26/h3,6-7,10,13-14,23-26,29-30H,1-2,4-5,8-9,11-12,15-22H2,(H,40,45)(H,41,47)(H,42,46)/b10-3-/t23-,25-,29+,30?,37+/m1/s1. The molecule has 54 heavy (non-hydrogen) atoms. The van der Waals surface area contributed by atoms with Crippen LogP contribution in [0.2, 0.25) is 0 Å². The molecule has 8 rings (SSSR count). The van der Waals surface area contributed by atoms with Gasteiger partial charge in [0.2, 0.25) is 21.8 Å². The van der Waals surface area contributed by atoms with Crippen molar-refractivity contribution >= 4 is 56.8 Å². The Morgan fingerprint density at radius 2 is 1.74 bits per heavy atom. The maximum atomic E-state index is 14.5. The molecule has 290 valence electrons. The van der Waals surface area contributed by atoms with Gasteiger partial charge in [-0.15, -0.1) is 0 Å². The van der Waals surface area contributed by atoms with Crippen molar-refractivity contribution in [3.63, 3.8) is 0 Å². The van der Waals surface area contributed by atoms with Crippen LogP contribution in [-0.2, 0) is 24.3 Å². The van der Waals surface area contributed by atoms with Crippen molar-refractivity contribution in [3.8, 4) is 5.88 Å². The summed E-state index contributed by atoms with van der Waals surface area (Å²) in [5.41, 5.74) is 3.28. The van der Waals surface area contributed by atoms with Crippen molar-refractivity contribution in [2.24, 2.45) is 5.92 Å². The first kappa shape index (κ1) is 36.8. The lowest BCUT2D eigenvalue weighted by Gasteiger charge is -2.32. The van der Waals surface area contributed by atoms with Gasteiger partial charge in [0, 0.05) is 18.9 Å². The summed E-state index contributed by atoms with van der Waals surface area (Å²) < 4.78 is 40.1.